The number of rotatable bonds is 7. The predicted molar refractivity (Wildman–Crippen MR) is 58.3 cm³/mol. The van der Waals surface area contributed by atoms with Gasteiger partial charge in [0.05, 0.1) is 6.61 Å². The molecular weight excluding hydrogens is 209 g/mol. The average Bonchev–Trinajstić information content (AvgIpc) is 2.10. The Balaban J connectivity index is 3.09. The normalized spacial score (nSPS) is 12.5. The van der Waals surface area contributed by atoms with Crippen LogP contribution in [0.5, 0.6) is 0 Å². The lowest BCUT2D eigenvalue weighted by Gasteiger charge is -2.07. The van der Waals surface area contributed by atoms with E-state index in [2.05, 4.69) is 19.2 Å². The fraction of sp³-hybridized carbons (Fsp3) is 0.778. The Bertz CT molecular complexity index is 149. The molecule has 78 valence electrons. The predicted octanol–water partition coefficient (Wildman–Crippen LogP) is 2.57. The zero-order valence-electron chi connectivity index (χ0n) is 8.15. The summed E-state index contributed by atoms with van der Waals surface area (Å²) >= 11 is 11.0. The van der Waals surface area contributed by atoms with E-state index >= 15 is 0 Å². The lowest BCUT2D eigenvalue weighted by molar-refractivity contribution is 0.112. The molecule has 0 fully saturated rings. The van der Waals surface area contributed by atoms with Crippen LogP contribution in [0.1, 0.15) is 13.8 Å². The van der Waals surface area contributed by atoms with E-state index in [1.807, 2.05) is 0 Å². The van der Waals surface area contributed by atoms with E-state index in [9.17, 15) is 0 Å². The molecule has 0 saturated heterocycles. The number of hydrogen-bond donors (Lipinski definition) is 1. The fourth-order valence-electron chi connectivity index (χ4n) is 0.710. The molecule has 4 heteroatoms. The van der Waals surface area contributed by atoms with Crippen LogP contribution in [0, 0.1) is 5.92 Å². The van der Waals surface area contributed by atoms with Crippen LogP contribution in [-0.4, -0.2) is 26.3 Å². The summed E-state index contributed by atoms with van der Waals surface area (Å²) in [4.78, 5) is 0. The minimum Gasteiger partial charge on any atom is -0.380 e. The van der Waals surface area contributed by atoms with Gasteiger partial charge in [0.2, 0.25) is 0 Å². The first kappa shape index (κ1) is 13.2. The second-order valence-electron chi connectivity index (χ2n) is 3.20. The Hall–Kier alpha value is 0.240. The zero-order valence-corrected chi connectivity index (χ0v) is 9.66. The highest BCUT2D eigenvalue weighted by atomic mass is 35.5. The summed E-state index contributed by atoms with van der Waals surface area (Å²) in [6, 6.07) is 0. The van der Waals surface area contributed by atoms with Gasteiger partial charge in [0.1, 0.15) is 0 Å². The van der Waals surface area contributed by atoms with Crippen molar-refractivity contribution in [3.05, 3.63) is 10.6 Å². The van der Waals surface area contributed by atoms with Crippen molar-refractivity contribution in [3.63, 3.8) is 0 Å². The minimum atomic E-state index is 0.589. The van der Waals surface area contributed by atoms with Crippen molar-refractivity contribution in [2.75, 3.05) is 26.3 Å². The maximum atomic E-state index is 5.65. The number of ether oxygens (including phenoxy) is 1. The molecule has 0 atom stereocenters. The standard InChI is InChI=1S/C9H17Cl2NO/c1-8(2)7-13-4-3-12-6-9(11)5-10/h5,8,12H,3-4,6-7H2,1-2H3. The quantitative estimate of drug-likeness (QED) is 0.673. The summed E-state index contributed by atoms with van der Waals surface area (Å²) < 4.78 is 5.35. The largest absolute Gasteiger partial charge is 0.380 e. The lowest BCUT2D eigenvalue weighted by atomic mass is 10.2. The highest BCUT2D eigenvalue weighted by Crippen LogP contribution is 1.99. The monoisotopic (exact) mass is 225 g/mol. The van der Waals surface area contributed by atoms with E-state index in [0.717, 1.165) is 13.2 Å². The molecule has 0 amide bonds. The van der Waals surface area contributed by atoms with Crippen LogP contribution in [0.3, 0.4) is 0 Å². The molecule has 0 heterocycles. The molecule has 0 aliphatic carbocycles. The van der Waals surface area contributed by atoms with E-state index in [0.29, 0.717) is 24.1 Å². The Morgan fingerprint density at radius 1 is 1.54 bits per heavy atom. The van der Waals surface area contributed by atoms with Crippen LogP contribution in [0.4, 0.5) is 0 Å². The molecule has 0 aliphatic rings. The first-order valence-corrected chi connectivity index (χ1v) is 5.21. The van der Waals surface area contributed by atoms with Gasteiger partial charge in [-0.25, -0.2) is 0 Å². The van der Waals surface area contributed by atoms with Gasteiger partial charge in [0.25, 0.3) is 0 Å². The van der Waals surface area contributed by atoms with Gasteiger partial charge in [-0.2, -0.15) is 0 Å². The third kappa shape index (κ3) is 10.2. The van der Waals surface area contributed by atoms with Crippen LogP contribution < -0.4 is 5.32 Å². The highest BCUT2D eigenvalue weighted by Gasteiger charge is 1.94. The molecule has 0 spiro atoms. The lowest BCUT2D eigenvalue weighted by Crippen LogP contribution is -2.21. The second-order valence-corrected chi connectivity index (χ2v) is 3.91. The summed E-state index contributed by atoms with van der Waals surface area (Å²) in [5, 5.41) is 3.72. The van der Waals surface area contributed by atoms with Gasteiger partial charge in [-0.1, -0.05) is 37.0 Å². The zero-order chi connectivity index (χ0) is 10.1. The van der Waals surface area contributed by atoms with Crippen molar-refractivity contribution in [3.8, 4) is 0 Å². The number of halogens is 2. The summed E-state index contributed by atoms with van der Waals surface area (Å²) in [7, 11) is 0. The Labute approximate surface area is 90.2 Å². The van der Waals surface area contributed by atoms with Gasteiger partial charge in [-0.15, -0.1) is 0 Å². The molecule has 0 aromatic rings. The van der Waals surface area contributed by atoms with Crippen LogP contribution >= 0.6 is 23.2 Å². The first-order chi connectivity index (χ1) is 6.16. The maximum Gasteiger partial charge on any atom is 0.0591 e. The summed E-state index contributed by atoms with van der Waals surface area (Å²) in [5.41, 5.74) is 1.36. The number of nitrogens with one attached hydrogen (secondary N) is 1. The second kappa shape index (κ2) is 8.82. The van der Waals surface area contributed by atoms with Crippen molar-refractivity contribution in [1.82, 2.24) is 5.32 Å². The van der Waals surface area contributed by atoms with Gasteiger partial charge in [0.15, 0.2) is 0 Å². The molecule has 0 aromatic carbocycles. The van der Waals surface area contributed by atoms with Crippen LogP contribution in [0.25, 0.3) is 0 Å². The topological polar surface area (TPSA) is 21.3 Å². The van der Waals surface area contributed by atoms with Gasteiger partial charge in [-0.3, -0.25) is 0 Å². The fourth-order valence-corrected chi connectivity index (χ4v) is 0.881. The SMILES string of the molecule is CC(C)COCCNCC(Cl)=CCl. The molecule has 0 saturated carbocycles. The van der Waals surface area contributed by atoms with E-state index in [1.54, 1.807) is 0 Å². The van der Waals surface area contributed by atoms with Crippen LogP contribution in [0.2, 0.25) is 0 Å². The third-order valence-corrected chi connectivity index (χ3v) is 1.90. The average molecular weight is 226 g/mol. The first-order valence-electron chi connectivity index (χ1n) is 4.40. The molecule has 2 nitrogen and oxygen atoms in total. The molecule has 13 heavy (non-hydrogen) atoms. The highest BCUT2D eigenvalue weighted by molar-refractivity contribution is 6.36. The van der Waals surface area contributed by atoms with Gasteiger partial charge >= 0.3 is 0 Å². The van der Waals surface area contributed by atoms with Gasteiger partial charge in [-0.05, 0) is 5.92 Å². The molecular formula is C9H17Cl2NO. The van der Waals surface area contributed by atoms with Crippen molar-refractivity contribution >= 4 is 23.2 Å². The van der Waals surface area contributed by atoms with Crippen molar-refractivity contribution < 1.29 is 4.74 Å². The molecule has 0 aromatic heterocycles. The molecule has 0 aliphatic heterocycles. The van der Waals surface area contributed by atoms with Crippen molar-refractivity contribution in [2.24, 2.45) is 5.92 Å². The minimum absolute atomic E-state index is 0.589. The van der Waals surface area contributed by atoms with E-state index in [-0.39, 0.29) is 0 Å². The molecule has 0 unspecified atom stereocenters. The molecule has 0 bridgehead atoms. The van der Waals surface area contributed by atoms with Gasteiger partial charge < -0.3 is 10.1 Å². The summed E-state index contributed by atoms with van der Waals surface area (Å²) in [5.74, 6) is 0.589. The van der Waals surface area contributed by atoms with Crippen LogP contribution in [0.15, 0.2) is 10.6 Å². The third-order valence-electron chi connectivity index (χ3n) is 1.29. The van der Waals surface area contributed by atoms with E-state index < -0.39 is 0 Å². The van der Waals surface area contributed by atoms with Crippen molar-refractivity contribution in [1.29, 1.82) is 0 Å². The van der Waals surface area contributed by atoms with Gasteiger partial charge in [0, 0.05) is 30.3 Å². The molecule has 1 N–H and O–H groups in total. The molecule has 0 rings (SSSR count). The number of hydrogen-bond acceptors (Lipinski definition) is 2. The van der Waals surface area contributed by atoms with E-state index in [1.165, 1.54) is 5.54 Å². The maximum absolute atomic E-state index is 5.65. The van der Waals surface area contributed by atoms with E-state index in [4.69, 9.17) is 27.9 Å². The smallest absolute Gasteiger partial charge is 0.0591 e. The Morgan fingerprint density at radius 3 is 2.77 bits per heavy atom. The summed E-state index contributed by atoms with van der Waals surface area (Å²) in [6.07, 6.45) is 0. The molecule has 0 radical (unpaired) electrons. The summed E-state index contributed by atoms with van der Waals surface area (Å²) in [6.45, 7) is 7.18. The Kier molecular flexibility index (Phi) is 8.98. The van der Waals surface area contributed by atoms with Crippen molar-refractivity contribution in [2.45, 2.75) is 13.8 Å². The Morgan fingerprint density at radius 2 is 2.23 bits per heavy atom. The van der Waals surface area contributed by atoms with Crippen LogP contribution in [-0.2, 0) is 4.74 Å².